The van der Waals surface area contributed by atoms with E-state index in [1.807, 2.05) is 19.2 Å². The van der Waals surface area contributed by atoms with E-state index < -0.39 is 4.92 Å². The average Bonchev–Trinajstić information content (AvgIpc) is 2.82. The second-order valence-corrected chi connectivity index (χ2v) is 3.93. The number of nitrogens with one attached hydrogen (secondary N) is 1. The van der Waals surface area contributed by atoms with Crippen LogP contribution in [-0.4, -0.2) is 25.7 Å². The van der Waals surface area contributed by atoms with E-state index in [1.165, 1.54) is 18.3 Å². The molecular formula is C11H13N5O2. The molecule has 7 nitrogen and oxygen atoms in total. The largest absolute Gasteiger partial charge is 0.366 e. The van der Waals surface area contributed by atoms with E-state index in [0.717, 1.165) is 0 Å². The third-order valence-electron chi connectivity index (χ3n) is 2.37. The van der Waals surface area contributed by atoms with Crippen LogP contribution < -0.4 is 5.32 Å². The van der Waals surface area contributed by atoms with Gasteiger partial charge in [-0.25, -0.2) is 4.98 Å². The van der Waals surface area contributed by atoms with Crippen LogP contribution in [-0.2, 0) is 6.54 Å². The van der Waals surface area contributed by atoms with Crippen molar-refractivity contribution in [2.24, 2.45) is 0 Å². The minimum atomic E-state index is -0.439. The van der Waals surface area contributed by atoms with Gasteiger partial charge in [0.15, 0.2) is 0 Å². The molecule has 0 aromatic carbocycles. The Bertz CT molecular complexity index is 526. The minimum absolute atomic E-state index is 0.0267. The van der Waals surface area contributed by atoms with E-state index in [0.29, 0.717) is 12.4 Å². The summed E-state index contributed by atoms with van der Waals surface area (Å²) in [5, 5.41) is 17.8. The summed E-state index contributed by atoms with van der Waals surface area (Å²) in [6, 6.07) is 4.70. The number of nitro groups is 1. The van der Waals surface area contributed by atoms with Crippen molar-refractivity contribution < 1.29 is 4.92 Å². The maximum absolute atomic E-state index is 10.6. The molecular weight excluding hydrogens is 234 g/mol. The zero-order valence-corrected chi connectivity index (χ0v) is 9.85. The molecule has 2 aromatic heterocycles. The van der Waals surface area contributed by atoms with Gasteiger partial charge in [0, 0.05) is 30.7 Å². The van der Waals surface area contributed by atoms with Gasteiger partial charge in [-0.15, -0.1) is 0 Å². The van der Waals surface area contributed by atoms with Crippen molar-refractivity contribution in [3.05, 3.63) is 46.9 Å². The highest BCUT2D eigenvalue weighted by Gasteiger charge is 2.09. The lowest BCUT2D eigenvalue weighted by atomic mass is 10.3. The van der Waals surface area contributed by atoms with Gasteiger partial charge in [0.25, 0.3) is 5.69 Å². The van der Waals surface area contributed by atoms with Crippen LogP contribution in [0.25, 0.3) is 0 Å². The maximum Gasteiger partial charge on any atom is 0.274 e. The molecule has 0 aliphatic rings. The van der Waals surface area contributed by atoms with Crippen LogP contribution in [0, 0.1) is 10.1 Å². The van der Waals surface area contributed by atoms with Crippen molar-refractivity contribution in [1.82, 2.24) is 14.8 Å². The predicted octanol–water partition coefficient (Wildman–Crippen LogP) is 1.69. The SMILES string of the molecule is CC(Cn1cccn1)Nc1cc([N+](=O)[O-])ccn1. The summed E-state index contributed by atoms with van der Waals surface area (Å²) >= 11 is 0. The van der Waals surface area contributed by atoms with Crippen molar-refractivity contribution in [1.29, 1.82) is 0 Å². The van der Waals surface area contributed by atoms with E-state index in [-0.39, 0.29) is 11.7 Å². The fraction of sp³-hybridized carbons (Fsp3) is 0.273. The van der Waals surface area contributed by atoms with Gasteiger partial charge in [-0.3, -0.25) is 14.8 Å². The predicted molar refractivity (Wildman–Crippen MR) is 66.2 cm³/mol. The Hall–Kier alpha value is -2.44. The molecule has 0 bridgehead atoms. The molecule has 1 atom stereocenters. The van der Waals surface area contributed by atoms with Gasteiger partial charge in [0.05, 0.1) is 17.5 Å². The normalized spacial score (nSPS) is 12.1. The maximum atomic E-state index is 10.6. The molecule has 0 fully saturated rings. The van der Waals surface area contributed by atoms with Crippen molar-refractivity contribution in [3.63, 3.8) is 0 Å². The molecule has 94 valence electrons. The van der Waals surface area contributed by atoms with Crippen molar-refractivity contribution in [2.75, 3.05) is 5.32 Å². The second kappa shape index (κ2) is 5.26. The molecule has 0 aliphatic carbocycles. The van der Waals surface area contributed by atoms with Gasteiger partial charge in [-0.05, 0) is 13.0 Å². The van der Waals surface area contributed by atoms with E-state index in [4.69, 9.17) is 0 Å². The van der Waals surface area contributed by atoms with Gasteiger partial charge in [-0.2, -0.15) is 5.10 Å². The Morgan fingerprint density at radius 2 is 2.39 bits per heavy atom. The Balaban J connectivity index is 2.00. The van der Waals surface area contributed by atoms with Crippen molar-refractivity contribution in [2.45, 2.75) is 19.5 Å². The van der Waals surface area contributed by atoms with Gasteiger partial charge >= 0.3 is 0 Å². The van der Waals surface area contributed by atoms with Crippen molar-refractivity contribution in [3.8, 4) is 0 Å². The molecule has 1 N–H and O–H groups in total. The molecule has 2 rings (SSSR count). The summed E-state index contributed by atoms with van der Waals surface area (Å²) in [6.07, 6.45) is 4.98. The van der Waals surface area contributed by atoms with Crippen molar-refractivity contribution >= 4 is 11.5 Å². The Labute approximate surface area is 104 Å². The molecule has 0 aliphatic heterocycles. The van der Waals surface area contributed by atoms with E-state index in [9.17, 15) is 10.1 Å². The van der Waals surface area contributed by atoms with Gasteiger partial charge < -0.3 is 5.32 Å². The molecule has 0 saturated heterocycles. The fourth-order valence-corrected chi connectivity index (χ4v) is 1.60. The zero-order valence-electron chi connectivity index (χ0n) is 9.85. The number of aromatic nitrogens is 3. The molecule has 0 spiro atoms. The Morgan fingerprint density at radius 1 is 1.56 bits per heavy atom. The number of anilines is 1. The third-order valence-corrected chi connectivity index (χ3v) is 2.37. The number of nitrogens with zero attached hydrogens (tertiary/aromatic N) is 4. The van der Waals surface area contributed by atoms with Crippen LogP contribution in [0.3, 0.4) is 0 Å². The molecule has 0 radical (unpaired) electrons. The number of hydrogen-bond acceptors (Lipinski definition) is 5. The molecule has 2 heterocycles. The summed E-state index contributed by atoms with van der Waals surface area (Å²) < 4.78 is 1.79. The quantitative estimate of drug-likeness (QED) is 0.641. The number of rotatable bonds is 5. The van der Waals surface area contributed by atoms with Crippen LogP contribution in [0.1, 0.15) is 6.92 Å². The van der Waals surface area contributed by atoms with Gasteiger partial charge in [0.2, 0.25) is 0 Å². The zero-order chi connectivity index (χ0) is 13.0. The highest BCUT2D eigenvalue weighted by atomic mass is 16.6. The standard InChI is InChI=1S/C11H13N5O2/c1-9(8-15-6-2-4-13-15)14-11-7-10(16(17)18)3-5-12-11/h2-7,9H,8H2,1H3,(H,12,14). The highest BCUT2D eigenvalue weighted by molar-refractivity contribution is 5.44. The molecule has 18 heavy (non-hydrogen) atoms. The van der Waals surface area contributed by atoms with Gasteiger partial charge in [-0.1, -0.05) is 0 Å². The summed E-state index contributed by atoms with van der Waals surface area (Å²) in [5.74, 6) is 0.490. The van der Waals surface area contributed by atoms with E-state index in [2.05, 4.69) is 15.4 Å². The Kier molecular flexibility index (Phi) is 3.52. The lowest BCUT2D eigenvalue weighted by Crippen LogP contribution is -2.22. The molecule has 0 amide bonds. The third kappa shape index (κ3) is 3.03. The second-order valence-electron chi connectivity index (χ2n) is 3.93. The van der Waals surface area contributed by atoms with Crippen LogP contribution >= 0.6 is 0 Å². The first-order chi connectivity index (χ1) is 8.65. The first kappa shape index (κ1) is 12.0. The molecule has 7 heteroatoms. The first-order valence-electron chi connectivity index (χ1n) is 5.49. The number of pyridine rings is 1. The summed E-state index contributed by atoms with van der Waals surface area (Å²) in [7, 11) is 0. The monoisotopic (exact) mass is 247 g/mol. The number of hydrogen-bond donors (Lipinski definition) is 1. The van der Waals surface area contributed by atoms with Crippen LogP contribution in [0.15, 0.2) is 36.8 Å². The fourth-order valence-electron chi connectivity index (χ4n) is 1.60. The summed E-state index contributed by atoms with van der Waals surface area (Å²) in [6.45, 7) is 2.62. The molecule has 1 unspecified atom stereocenters. The van der Waals surface area contributed by atoms with Gasteiger partial charge in [0.1, 0.15) is 5.82 Å². The molecule has 2 aromatic rings. The Morgan fingerprint density at radius 3 is 3.06 bits per heavy atom. The smallest absolute Gasteiger partial charge is 0.274 e. The minimum Gasteiger partial charge on any atom is -0.366 e. The first-order valence-corrected chi connectivity index (χ1v) is 5.49. The topological polar surface area (TPSA) is 85.9 Å². The van der Waals surface area contributed by atoms with E-state index >= 15 is 0 Å². The van der Waals surface area contributed by atoms with Crippen LogP contribution in [0.5, 0.6) is 0 Å². The van der Waals surface area contributed by atoms with E-state index in [1.54, 1.807) is 10.9 Å². The lowest BCUT2D eigenvalue weighted by molar-refractivity contribution is -0.384. The highest BCUT2D eigenvalue weighted by Crippen LogP contribution is 2.14. The molecule has 0 saturated carbocycles. The summed E-state index contributed by atoms with van der Waals surface area (Å²) in [5.41, 5.74) is 0.0267. The lowest BCUT2D eigenvalue weighted by Gasteiger charge is -2.14. The summed E-state index contributed by atoms with van der Waals surface area (Å²) in [4.78, 5) is 14.2. The van der Waals surface area contributed by atoms with Crippen LogP contribution in [0.4, 0.5) is 11.5 Å². The average molecular weight is 247 g/mol. The van der Waals surface area contributed by atoms with Crippen LogP contribution in [0.2, 0.25) is 0 Å².